The Hall–Kier alpha value is -7.95. The van der Waals surface area contributed by atoms with E-state index in [0.29, 0.717) is 17.9 Å². The van der Waals surface area contributed by atoms with Crippen LogP contribution in [-0.4, -0.2) is 200 Å². The van der Waals surface area contributed by atoms with Crippen LogP contribution in [0, 0.1) is 11.8 Å². The third kappa shape index (κ3) is 29.1. The van der Waals surface area contributed by atoms with Crippen molar-refractivity contribution in [1.29, 1.82) is 0 Å². The van der Waals surface area contributed by atoms with Crippen molar-refractivity contribution in [2.24, 2.45) is 52.0 Å². The van der Waals surface area contributed by atoms with Crippen LogP contribution in [0.3, 0.4) is 0 Å². The van der Waals surface area contributed by atoms with Crippen LogP contribution >= 0.6 is 0 Å². The zero-order valence-electron chi connectivity index (χ0n) is 53.7. The zero-order valence-corrected chi connectivity index (χ0v) is 53.7. The average molecular weight is 1300 g/mol. The number of carbonyl (C=O) groups excluding carboxylic acids is 13. The minimum atomic E-state index is -1.89. The second-order valence-electron chi connectivity index (χ2n) is 23.6. The van der Waals surface area contributed by atoms with E-state index in [2.05, 4.69) is 58.5 Å². The fourth-order valence-corrected chi connectivity index (χ4v) is 9.61. The largest absolute Gasteiger partial charge is 0.459 e. The minimum Gasteiger partial charge on any atom is -0.459 e. The van der Waals surface area contributed by atoms with E-state index in [1.54, 1.807) is 44.2 Å². The van der Waals surface area contributed by atoms with Gasteiger partial charge in [-0.15, -0.1) is 0 Å². The van der Waals surface area contributed by atoms with Gasteiger partial charge >= 0.3 is 5.97 Å². The third-order valence-electron chi connectivity index (χ3n) is 14.7. The number of carbonyl (C=O) groups is 13. The summed E-state index contributed by atoms with van der Waals surface area (Å²) in [7, 11) is 0. The quantitative estimate of drug-likeness (QED) is 0.0235. The number of amides is 12. The maximum atomic E-state index is 14.7. The van der Waals surface area contributed by atoms with Gasteiger partial charge in [-0.1, -0.05) is 70.9 Å². The molecule has 13 atom stereocenters. The summed E-state index contributed by atoms with van der Waals surface area (Å²) in [5, 5.41) is 38.8. The van der Waals surface area contributed by atoms with Gasteiger partial charge in [-0.3, -0.25) is 62.3 Å². The first-order valence-electron chi connectivity index (χ1n) is 31.3. The van der Waals surface area contributed by atoms with Crippen LogP contribution in [0.5, 0.6) is 0 Å². The van der Waals surface area contributed by atoms with E-state index in [1.807, 2.05) is 13.8 Å². The van der Waals surface area contributed by atoms with E-state index in [1.165, 1.54) is 13.8 Å². The molecule has 0 radical (unpaired) electrons. The standard InChI is InChI=1S/C59H102N18O15/c1-31(2)12-10-11-15-46(80)68-37(16-22-60)53(85)77-48(34(6)92-59(91)36(65)30-45(66)79)58(90)73-40(19-25-63)50(82)72-42-21-27-67-57(89)47(33(5)78)76-54(86)41(20-26-64)70-49(81)38(17-23-61)71-55(87)43(28-32(3)4)74-56(88)44(29-35-13-8-7-9-14-35)75-51(83)39(18-24-62)69-52(42)84/h7-9,13-14,31-34,36-44,47-48,78H,10-12,15-30,60-65H2,1-6H3,(H2,66,79)(H,67,89)(H,68,80)(H,69,84)(H,70,81)(H,71,87)(H,72,82)(H,73,90)(H,74,88)(H,75,83)(H,76,86)(H,77,85)/t33-,34-,36+,37+,38+,39+,40+,41+,42+,43+,44-,47+,48+/m1/s1. The highest BCUT2D eigenvalue weighted by Gasteiger charge is 2.39. The molecule has 1 aliphatic rings. The lowest BCUT2D eigenvalue weighted by Gasteiger charge is -2.30. The van der Waals surface area contributed by atoms with Crippen molar-refractivity contribution in [3.8, 4) is 0 Å². The molecule has 1 heterocycles. The van der Waals surface area contributed by atoms with Crippen molar-refractivity contribution >= 4 is 76.9 Å². The van der Waals surface area contributed by atoms with Crippen molar-refractivity contribution in [3.05, 3.63) is 35.9 Å². The number of aliphatic hydroxyl groups excluding tert-OH is 1. The van der Waals surface area contributed by atoms with Crippen LogP contribution in [0.25, 0.3) is 0 Å². The monoisotopic (exact) mass is 1300 g/mol. The number of aliphatic hydroxyl groups is 1. The van der Waals surface area contributed by atoms with Crippen molar-refractivity contribution in [3.63, 3.8) is 0 Å². The van der Waals surface area contributed by atoms with Gasteiger partial charge in [0.25, 0.3) is 0 Å². The number of hydrogen-bond donors (Lipinski definition) is 19. The predicted octanol–water partition coefficient (Wildman–Crippen LogP) is -6.88. The Bertz CT molecular complexity index is 2600. The van der Waals surface area contributed by atoms with Gasteiger partial charge in [0.1, 0.15) is 72.6 Å². The maximum absolute atomic E-state index is 14.7. The van der Waals surface area contributed by atoms with Crippen molar-refractivity contribution in [2.45, 2.75) is 204 Å². The van der Waals surface area contributed by atoms with E-state index in [0.717, 1.165) is 12.8 Å². The van der Waals surface area contributed by atoms with Gasteiger partial charge in [-0.25, -0.2) is 0 Å². The van der Waals surface area contributed by atoms with Crippen LogP contribution in [0.15, 0.2) is 30.3 Å². The summed E-state index contributed by atoms with van der Waals surface area (Å²) in [6.07, 6.45) is -3.52. The van der Waals surface area contributed by atoms with Gasteiger partial charge in [-0.2, -0.15) is 0 Å². The molecule has 0 aromatic heterocycles. The highest BCUT2D eigenvalue weighted by molar-refractivity contribution is 5.99. The summed E-state index contributed by atoms with van der Waals surface area (Å²) in [6.45, 7) is 8.49. The number of nitrogens with two attached hydrogens (primary N) is 7. The van der Waals surface area contributed by atoms with Crippen molar-refractivity contribution < 1.29 is 72.2 Å². The van der Waals surface area contributed by atoms with Gasteiger partial charge < -0.3 is 108 Å². The summed E-state index contributed by atoms with van der Waals surface area (Å²) in [6, 6.07) is -8.70. The van der Waals surface area contributed by atoms with E-state index in [4.69, 9.17) is 44.9 Å². The molecule has 518 valence electrons. The second-order valence-corrected chi connectivity index (χ2v) is 23.6. The highest BCUT2D eigenvalue weighted by atomic mass is 16.5. The van der Waals surface area contributed by atoms with Crippen LogP contribution in [0.4, 0.5) is 0 Å². The zero-order chi connectivity index (χ0) is 69.2. The number of primary amides is 1. The van der Waals surface area contributed by atoms with Crippen LogP contribution in [0.1, 0.15) is 124 Å². The first kappa shape index (κ1) is 80.1. The Balaban J connectivity index is 2.80. The minimum absolute atomic E-state index is 0.0202. The molecule has 26 N–H and O–H groups in total. The average Bonchev–Trinajstić information content (AvgIpc) is 1.13. The maximum Gasteiger partial charge on any atom is 0.323 e. The molecule has 12 amide bonds. The first-order valence-corrected chi connectivity index (χ1v) is 31.3. The molecule has 1 aromatic carbocycles. The molecule has 0 unspecified atom stereocenters. The molecule has 1 fully saturated rings. The van der Waals surface area contributed by atoms with Gasteiger partial charge in [0.05, 0.1) is 12.5 Å². The molecule has 33 heteroatoms. The van der Waals surface area contributed by atoms with Crippen LogP contribution in [-0.2, 0) is 73.5 Å². The van der Waals surface area contributed by atoms with Gasteiger partial charge in [0.2, 0.25) is 70.9 Å². The Kier molecular flexibility index (Phi) is 36.8. The predicted molar refractivity (Wildman–Crippen MR) is 337 cm³/mol. The van der Waals surface area contributed by atoms with Gasteiger partial charge in [0.15, 0.2) is 0 Å². The molecule has 92 heavy (non-hydrogen) atoms. The number of esters is 1. The Morgan fingerprint density at radius 1 is 0.576 bits per heavy atom. The Labute approximate surface area is 536 Å². The fourth-order valence-electron chi connectivity index (χ4n) is 9.61. The molecule has 0 spiro atoms. The smallest absolute Gasteiger partial charge is 0.323 e. The molecular weight excluding hydrogens is 1200 g/mol. The summed E-state index contributed by atoms with van der Waals surface area (Å²) in [5.41, 5.74) is 41.1. The van der Waals surface area contributed by atoms with E-state index >= 15 is 0 Å². The number of benzene rings is 1. The number of hydrogen-bond acceptors (Lipinski definition) is 21. The lowest BCUT2D eigenvalue weighted by molar-refractivity contribution is -0.155. The van der Waals surface area contributed by atoms with Crippen LogP contribution in [0.2, 0.25) is 0 Å². The third-order valence-corrected chi connectivity index (χ3v) is 14.7. The number of ether oxygens (including phenoxy) is 1. The van der Waals surface area contributed by atoms with Gasteiger partial charge in [-0.05, 0) is 115 Å². The molecule has 0 bridgehead atoms. The number of nitrogens with one attached hydrogen (secondary N) is 11. The van der Waals surface area contributed by atoms with Crippen molar-refractivity contribution in [2.75, 3.05) is 39.3 Å². The molecule has 0 aliphatic carbocycles. The SMILES string of the molecule is CC(C)CCCCC(=O)N[C@@H](CCN)C(=O)N[C@H](C(=O)N[C@@H](CCN)C(=O)N[C@H]1CCNC(=O)[C@H]([C@@H](C)O)NC(=O)[C@H](CCN)NC(=O)[C@H](CCN)NC(=O)[C@H](CC(C)C)NC(=O)[C@@H](Cc2ccccc2)NC(=O)[C@H](CCN)NC1=O)[C@@H](C)OC(=O)[C@@H](N)CC(N)=O. The summed E-state index contributed by atoms with van der Waals surface area (Å²) in [5.74, 6) is -12.4. The van der Waals surface area contributed by atoms with E-state index in [-0.39, 0.29) is 90.0 Å². The molecule has 1 aliphatic heterocycles. The Morgan fingerprint density at radius 3 is 1.59 bits per heavy atom. The Morgan fingerprint density at radius 2 is 1.08 bits per heavy atom. The van der Waals surface area contributed by atoms with E-state index in [9.17, 15) is 67.4 Å². The number of unbranched alkanes of at least 4 members (excludes halogenated alkanes) is 1. The fraction of sp³-hybridized carbons (Fsp3) is 0.678. The molecule has 33 nitrogen and oxygen atoms in total. The van der Waals surface area contributed by atoms with Crippen LogP contribution < -0.4 is 98.6 Å². The van der Waals surface area contributed by atoms with Crippen molar-refractivity contribution in [1.82, 2.24) is 58.5 Å². The molecule has 2 rings (SSSR count). The topological polar surface area (TPSA) is 566 Å². The second kappa shape index (κ2) is 42.2. The lowest BCUT2D eigenvalue weighted by Crippen LogP contribution is -2.62. The van der Waals surface area contributed by atoms with E-state index < -0.39 is 175 Å². The summed E-state index contributed by atoms with van der Waals surface area (Å²) in [4.78, 5) is 181. The van der Waals surface area contributed by atoms with Gasteiger partial charge in [0, 0.05) is 19.4 Å². The molecule has 1 aromatic rings. The molecule has 1 saturated heterocycles. The number of rotatable bonds is 32. The summed E-state index contributed by atoms with van der Waals surface area (Å²) >= 11 is 0. The summed E-state index contributed by atoms with van der Waals surface area (Å²) < 4.78 is 5.44. The normalized spacial score (nSPS) is 22.0. The first-order chi connectivity index (χ1) is 43.5. The molecular formula is C59H102N18O15. The lowest BCUT2D eigenvalue weighted by atomic mass is 10.00. The highest BCUT2D eigenvalue weighted by Crippen LogP contribution is 2.13. The molecule has 0 saturated carbocycles.